The zero-order valence-corrected chi connectivity index (χ0v) is 24.2. The molecule has 0 aromatic heterocycles. The van der Waals surface area contributed by atoms with Gasteiger partial charge in [0, 0.05) is 46.3 Å². The topological polar surface area (TPSA) is 12.5 Å². The Balaban J connectivity index is 1.35. The normalized spacial score (nSPS) is 20.1. The Bertz CT molecular complexity index is 1860. The lowest BCUT2D eigenvalue weighted by atomic mass is 9.77. The molecule has 2 heterocycles. The van der Waals surface area contributed by atoms with E-state index in [0.717, 1.165) is 40.9 Å². The number of halogens is 1. The summed E-state index contributed by atoms with van der Waals surface area (Å²) in [5.74, 6) is 0.634. The molecular formula is C39H34FNO. The second kappa shape index (κ2) is 9.32. The number of anilines is 1. The highest BCUT2D eigenvalue weighted by Crippen LogP contribution is 2.58. The maximum atomic E-state index is 14.2. The lowest BCUT2D eigenvalue weighted by Crippen LogP contribution is -2.35. The monoisotopic (exact) mass is 551 g/mol. The van der Waals surface area contributed by atoms with Crippen molar-refractivity contribution in [1.29, 1.82) is 0 Å². The summed E-state index contributed by atoms with van der Waals surface area (Å²) in [4.78, 5) is 2.47. The van der Waals surface area contributed by atoms with Crippen LogP contribution in [0.3, 0.4) is 0 Å². The standard InChI is InChI=1S/C39H34FNO/c1-38(2)34-13-7-6-12-32(34)35-30-10-4-5-11-31(30)37-33(36(35)38)22-23-39(42-37,26-14-18-28(40)19-15-26)27-16-20-29(21-17-27)41-24-8-3-9-25-41/h4-7,10-23H,3,8-9,24-25H2,1-2H3. The number of nitrogens with zero attached hydrogens (tertiary/aromatic N) is 1. The number of rotatable bonds is 3. The van der Waals surface area contributed by atoms with Gasteiger partial charge in [-0.05, 0) is 77.2 Å². The van der Waals surface area contributed by atoms with Crippen molar-refractivity contribution in [2.75, 3.05) is 18.0 Å². The Kier molecular flexibility index (Phi) is 5.63. The van der Waals surface area contributed by atoms with E-state index in [0.29, 0.717) is 0 Å². The Labute approximate surface area is 247 Å². The molecule has 3 heteroatoms. The third-order valence-corrected chi connectivity index (χ3v) is 9.74. The Morgan fingerprint density at radius 2 is 1.36 bits per heavy atom. The fourth-order valence-corrected chi connectivity index (χ4v) is 7.65. The van der Waals surface area contributed by atoms with Crippen LogP contribution in [0.5, 0.6) is 5.75 Å². The van der Waals surface area contributed by atoms with Gasteiger partial charge in [0.15, 0.2) is 5.60 Å². The predicted octanol–water partition coefficient (Wildman–Crippen LogP) is 9.62. The molecular weight excluding hydrogens is 517 g/mol. The van der Waals surface area contributed by atoms with Gasteiger partial charge in [0.25, 0.3) is 0 Å². The molecule has 5 aromatic rings. The first-order chi connectivity index (χ1) is 20.5. The summed E-state index contributed by atoms with van der Waals surface area (Å²) in [6.07, 6.45) is 8.23. The van der Waals surface area contributed by atoms with Crippen LogP contribution in [0.4, 0.5) is 10.1 Å². The third kappa shape index (κ3) is 3.62. The summed E-state index contributed by atoms with van der Waals surface area (Å²) in [6.45, 7) is 6.84. The van der Waals surface area contributed by atoms with E-state index in [1.54, 1.807) is 0 Å². The molecule has 0 saturated carbocycles. The largest absolute Gasteiger partial charge is 0.472 e. The number of hydrogen-bond donors (Lipinski definition) is 0. The number of ether oxygens (including phenoxy) is 1. The van der Waals surface area contributed by atoms with Crippen LogP contribution in [0.25, 0.3) is 28.0 Å². The first kappa shape index (κ1) is 25.3. The molecule has 0 radical (unpaired) electrons. The third-order valence-electron chi connectivity index (χ3n) is 9.74. The lowest BCUT2D eigenvalue weighted by Gasteiger charge is -2.38. The van der Waals surface area contributed by atoms with E-state index < -0.39 is 5.60 Å². The van der Waals surface area contributed by atoms with Gasteiger partial charge < -0.3 is 9.64 Å². The van der Waals surface area contributed by atoms with E-state index >= 15 is 0 Å². The van der Waals surface area contributed by atoms with Crippen LogP contribution in [-0.2, 0) is 11.0 Å². The highest BCUT2D eigenvalue weighted by Gasteiger charge is 2.44. The van der Waals surface area contributed by atoms with E-state index in [9.17, 15) is 4.39 Å². The summed E-state index contributed by atoms with van der Waals surface area (Å²) in [6, 6.07) is 33.0. The minimum atomic E-state index is -0.895. The van der Waals surface area contributed by atoms with E-state index in [4.69, 9.17) is 4.74 Å². The van der Waals surface area contributed by atoms with Gasteiger partial charge in [0.05, 0.1) is 0 Å². The SMILES string of the molecule is CC1(C)c2ccccc2-c2c1c1c(c3ccccc23)OC(c2ccc(F)cc2)(c2ccc(N3CCCCC3)cc2)C=C1. The van der Waals surface area contributed by atoms with Gasteiger partial charge in [0.2, 0.25) is 0 Å². The first-order valence-corrected chi connectivity index (χ1v) is 15.2. The maximum absolute atomic E-state index is 14.2. The number of hydrogen-bond acceptors (Lipinski definition) is 2. The minimum Gasteiger partial charge on any atom is -0.472 e. The molecule has 1 unspecified atom stereocenters. The highest BCUT2D eigenvalue weighted by molar-refractivity contribution is 6.08. The van der Waals surface area contributed by atoms with Crippen LogP contribution in [-0.4, -0.2) is 13.1 Å². The first-order valence-electron chi connectivity index (χ1n) is 15.2. The van der Waals surface area contributed by atoms with Crippen molar-refractivity contribution >= 4 is 22.5 Å². The summed E-state index contributed by atoms with van der Waals surface area (Å²) in [7, 11) is 0. The van der Waals surface area contributed by atoms with Gasteiger partial charge in [-0.3, -0.25) is 0 Å². The van der Waals surface area contributed by atoms with Crippen LogP contribution in [0.1, 0.15) is 60.9 Å². The van der Waals surface area contributed by atoms with Gasteiger partial charge in [0.1, 0.15) is 11.6 Å². The van der Waals surface area contributed by atoms with Crippen LogP contribution in [0.15, 0.2) is 103 Å². The molecule has 1 aliphatic carbocycles. The van der Waals surface area contributed by atoms with Gasteiger partial charge in [-0.2, -0.15) is 0 Å². The Morgan fingerprint density at radius 3 is 2.10 bits per heavy atom. The molecule has 208 valence electrons. The summed E-state index contributed by atoms with van der Waals surface area (Å²) in [5, 5.41) is 2.30. The van der Waals surface area contributed by atoms with E-state index in [1.807, 2.05) is 12.1 Å². The molecule has 0 spiro atoms. The van der Waals surface area contributed by atoms with Gasteiger partial charge in [-0.25, -0.2) is 4.39 Å². The van der Waals surface area contributed by atoms with Crippen molar-refractivity contribution in [2.45, 2.75) is 44.1 Å². The van der Waals surface area contributed by atoms with Crippen molar-refractivity contribution in [2.24, 2.45) is 0 Å². The summed E-state index contributed by atoms with van der Waals surface area (Å²) < 4.78 is 21.5. The van der Waals surface area contributed by atoms with Crippen molar-refractivity contribution in [3.63, 3.8) is 0 Å². The number of benzene rings is 5. The van der Waals surface area contributed by atoms with Crippen LogP contribution >= 0.6 is 0 Å². The number of piperidine rings is 1. The predicted molar refractivity (Wildman–Crippen MR) is 171 cm³/mol. The lowest BCUT2D eigenvalue weighted by molar-refractivity contribution is 0.163. The second-order valence-electron chi connectivity index (χ2n) is 12.5. The van der Waals surface area contributed by atoms with E-state index in [1.165, 1.54) is 64.7 Å². The quantitative estimate of drug-likeness (QED) is 0.221. The van der Waals surface area contributed by atoms with Crippen molar-refractivity contribution < 1.29 is 9.13 Å². The molecule has 42 heavy (non-hydrogen) atoms. The maximum Gasteiger partial charge on any atom is 0.178 e. The second-order valence-corrected chi connectivity index (χ2v) is 12.5. The Morgan fingerprint density at radius 1 is 0.714 bits per heavy atom. The molecule has 0 amide bonds. The fourth-order valence-electron chi connectivity index (χ4n) is 7.65. The zero-order chi connectivity index (χ0) is 28.5. The zero-order valence-electron chi connectivity index (χ0n) is 24.2. The summed E-state index contributed by atoms with van der Waals surface area (Å²) >= 11 is 0. The van der Waals surface area contributed by atoms with Crippen LogP contribution < -0.4 is 9.64 Å². The molecule has 1 fully saturated rings. The molecule has 0 N–H and O–H groups in total. The minimum absolute atomic E-state index is 0.181. The van der Waals surface area contributed by atoms with Gasteiger partial charge in [-0.15, -0.1) is 0 Å². The van der Waals surface area contributed by atoms with Crippen molar-refractivity contribution in [3.05, 3.63) is 137 Å². The molecule has 2 aliphatic heterocycles. The molecule has 5 aromatic carbocycles. The van der Waals surface area contributed by atoms with Crippen molar-refractivity contribution in [3.8, 4) is 16.9 Å². The molecule has 8 rings (SSSR count). The van der Waals surface area contributed by atoms with Gasteiger partial charge >= 0.3 is 0 Å². The van der Waals surface area contributed by atoms with Crippen LogP contribution in [0.2, 0.25) is 0 Å². The van der Waals surface area contributed by atoms with E-state index in [2.05, 4.69) is 104 Å². The summed E-state index contributed by atoms with van der Waals surface area (Å²) in [5.41, 5.74) is 8.49. The smallest absolute Gasteiger partial charge is 0.178 e. The fraction of sp³-hybridized carbons (Fsp3) is 0.231. The molecule has 2 nitrogen and oxygen atoms in total. The van der Waals surface area contributed by atoms with Crippen molar-refractivity contribution in [1.82, 2.24) is 0 Å². The van der Waals surface area contributed by atoms with Crippen LogP contribution in [0, 0.1) is 5.82 Å². The Hall–Kier alpha value is -4.37. The number of fused-ring (bicyclic) bond motifs is 8. The van der Waals surface area contributed by atoms with Gasteiger partial charge in [-0.1, -0.05) is 92.7 Å². The average Bonchev–Trinajstić information content (AvgIpc) is 3.29. The molecule has 1 atom stereocenters. The highest BCUT2D eigenvalue weighted by atomic mass is 19.1. The average molecular weight is 552 g/mol. The van der Waals surface area contributed by atoms with E-state index in [-0.39, 0.29) is 11.2 Å². The molecule has 1 saturated heterocycles. The molecule has 3 aliphatic rings. The molecule has 0 bridgehead atoms.